The molecule has 8 bridgehead atoms. The Labute approximate surface area is 394 Å². The van der Waals surface area contributed by atoms with E-state index in [2.05, 4.69) is 13.8 Å². The van der Waals surface area contributed by atoms with E-state index in [0.717, 1.165) is 81.0 Å². The third-order valence-electron chi connectivity index (χ3n) is 18.0. The standard InChI is InChI=1S/C20H32O2.C16H26O3.C13H22O4.6CH4/c1-5-19(3,4)18(21)22-20(6-2)11-14-10-15(20)17-13-8-7-12(9-13)16(14)17;1-4-14(2,3)13(17)19-16-8-11-5-12(9-16)7-15(18,6-11)10-16;1-7-12(4,5)11(15)17-13(6)8(2)10(14)16-9(13)3;;;;;;/h12-17H,5-11H2,1-4H3;11-12,18H,4-10H2,1-3H3;8-9H,7H2,1-6H3;6*1H4/t;;8?,9?,13-;;;;;;/m..0....../s1. The Morgan fingerprint density at radius 3 is 1.52 bits per heavy atom. The molecule has 1 saturated heterocycles. The number of carbonyl (C=O) groups excluding carboxylic acids is 4. The van der Waals surface area contributed by atoms with Crippen LogP contribution in [0.2, 0.25) is 0 Å². The molecule has 0 radical (unpaired) electrons. The van der Waals surface area contributed by atoms with Gasteiger partial charge < -0.3 is 24.1 Å². The molecule has 0 aromatic carbocycles. The first-order valence-corrected chi connectivity index (χ1v) is 23.5. The van der Waals surface area contributed by atoms with E-state index >= 15 is 0 Å². The first kappa shape index (κ1) is 61.8. The molecule has 1 N–H and O–H groups in total. The first-order valence-electron chi connectivity index (χ1n) is 23.5. The molecule has 0 aromatic heterocycles. The Kier molecular flexibility index (Phi) is 20.7. The summed E-state index contributed by atoms with van der Waals surface area (Å²) in [5.41, 5.74) is -3.18. The number of aliphatic hydroxyl groups is 1. The second-order valence-electron chi connectivity index (χ2n) is 22.9. The second kappa shape index (κ2) is 21.4. The van der Waals surface area contributed by atoms with Gasteiger partial charge in [0.2, 0.25) is 0 Å². The third-order valence-corrected chi connectivity index (χ3v) is 18.0. The van der Waals surface area contributed by atoms with Crippen LogP contribution in [0.4, 0.5) is 0 Å². The maximum atomic E-state index is 12.7. The van der Waals surface area contributed by atoms with Crippen LogP contribution in [-0.4, -0.2) is 57.5 Å². The van der Waals surface area contributed by atoms with Crippen molar-refractivity contribution in [3.8, 4) is 0 Å². The molecule has 9 heteroatoms. The van der Waals surface area contributed by atoms with Crippen LogP contribution in [0.5, 0.6) is 0 Å². The molecule has 9 fully saturated rings. The highest BCUT2D eigenvalue weighted by atomic mass is 16.6. The largest absolute Gasteiger partial charge is 0.459 e. The Bertz CT molecular complexity index is 1570. The minimum Gasteiger partial charge on any atom is -0.459 e. The average Bonchev–Trinajstić information content (AvgIpc) is 3.97. The van der Waals surface area contributed by atoms with Crippen molar-refractivity contribution in [3.63, 3.8) is 0 Å². The lowest BCUT2D eigenvalue weighted by Crippen LogP contribution is -2.61. The van der Waals surface area contributed by atoms with Crippen LogP contribution in [0, 0.1) is 69.5 Å². The number of fused-ring (bicyclic) bond motifs is 9. The second-order valence-corrected chi connectivity index (χ2v) is 22.9. The van der Waals surface area contributed by atoms with Gasteiger partial charge in [-0.25, -0.2) is 0 Å². The number of carbonyl (C=O) groups is 4. The number of esters is 4. The zero-order valence-corrected chi connectivity index (χ0v) is 38.6. The van der Waals surface area contributed by atoms with E-state index in [9.17, 15) is 24.3 Å². The summed E-state index contributed by atoms with van der Waals surface area (Å²) in [5, 5.41) is 10.6. The zero-order chi connectivity index (χ0) is 43.0. The molecule has 0 spiro atoms. The fourth-order valence-corrected chi connectivity index (χ4v) is 13.1. The molecule has 9 nitrogen and oxygen atoms in total. The minimum absolute atomic E-state index is 0. The summed E-state index contributed by atoms with van der Waals surface area (Å²) in [4.78, 5) is 48.7. The van der Waals surface area contributed by atoms with E-state index in [1.165, 1.54) is 32.1 Å². The number of rotatable bonds is 10. The Balaban J connectivity index is 0.000000897. The van der Waals surface area contributed by atoms with Crippen molar-refractivity contribution in [2.24, 2.45) is 69.5 Å². The average molecular weight is 909 g/mol. The van der Waals surface area contributed by atoms with Crippen LogP contribution in [0.1, 0.15) is 231 Å². The van der Waals surface area contributed by atoms with Crippen molar-refractivity contribution in [3.05, 3.63) is 0 Å². The van der Waals surface area contributed by atoms with E-state index in [-0.39, 0.29) is 85.1 Å². The molecule has 64 heavy (non-hydrogen) atoms. The van der Waals surface area contributed by atoms with Gasteiger partial charge in [0.05, 0.1) is 27.8 Å². The fraction of sp³-hybridized carbons (Fsp3) is 0.927. The molecule has 0 aromatic rings. The summed E-state index contributed by atoms with van der Waals surface area (Å²) in [6.07, 6.45) is 15.5. The monoisotopic (exact) mass is 909 g/mol. The molecule has 8 aliphatic carbocycles. The molecule has 378 valence electrons. The molecule has 0 amide bonds. The highest BCUT2D eigenvalue weighted by Gasteiger charge is 2.68. The fourth-order valence-electron chi connectivity index (χ4n) is 13.1. The molecule has 11 unspecified atom stereocenters. The smallest absolute Gasteiger partial charge is 0.313 e. The first-order chi connectivity index (χ1) is 26.8. The van der Waals surface area contributed by atoms with Gasteiger partial charge in [-0.05, 0) is 194 Å². The summed E-state index contributed by atoms with van der Waals surface area (Å²) < 4.78 is 23.0. The van der Waals surface area contributed by atoms with E-state index in [1.54, 1.807) is 20.8 Å². The number of hydrogen-bond acceptors (Lipinski definition) is 9. The topological polar surface area (TPSA) is 125 Å². The Morgan fingerprint density at radius 1 is 0.641 bits per heavy atom. The van der Waals surface area contributed by atoms with Crippen LogP contribution in [0.15, 0.2) is 0 Å². The van der Waals surface area contributed by atoms with Crippen molar-refractivity contribution in [2.75, 3.05) is 0 Å². The van der Waals surface area contributed by atoms with E-state index < -0.39 is 34.1 Å². The lowest BCUT2D eigenvalue weighted by atomic mass is 9.52. The normalized spacial score (nSPS) is 38.8. The quantitative estimate of drug-likeness (QED) is 0.130. The molecule has 12 atom stereocenters. The maximum Gasteiger partial charge on any atom is 0.313 e. The lowest BCUT2D eigenvalue weighted by Gasteiger charge is -2.59. The summed E-state index contributed by atoms with van der Waals surface area (Å²) >= 11 is 0. The zero-order valence-electron chi connectivity index (χ0n) is 38.6. The number of cyclic esters (lactones) is 1. The number of hydrogen-bond donors (Lipinski definition) is 1. The van der Waals surface area contributed by atoms with Crippen molar-refractivity contribution in [1.29, 1.82) is 0 Å². The van der Waals surface area contributed by atoms with Gasteiger partial charge in [0, 0.05) is 12.3 Å². The highest BCUT2D eigenvalue weighted by molar-refractivity contribution is 5.80. The third kappa shape index (κ3) is 11.1. The highest BCUT2D eigenvalue weighted by Crippen LogP contribution is 2.71. The molecule has 9 rings (SSSR count). The van der Waals surface area contributed by atoms with Crippen molar-refractivity contribution >= 4 is 23.9 Å². The Hall–Kier alpha value is -2.16. The summed E-state index contributed by atoms with van der Waals surface area (Å²) in [6.45, 7) is 25.2. The van der Waals surface area contributed by atoms with Crippen LogP contribution in [0.25, 0.3) is 0 Å². The molecule has 1 aliphatic heterocycles. The summed E-state index contributed by atoms with van der Waals surface area (Å²) in [5.74, 6) is 5.43. The lowest BCUT2D eigenvalue weighted by molar-refractivity contribution is -0.225. The van der Waals surface area contributed by atoms with Crippen molar-refractivity contribution in [1.82, 2.24) is 0 Å². The van der Waals surface area contributed by atoms with Gasteiger partial charge in [0.1, 0.15) is 17.3 Å². The van der Waals surface area contributed by atoms with Crippen LogP contribution in [-0.2, 0) is 38.1 Å². The minimum atomic E-state index is -0.861. The van der Waals surface area contributed by atoms with Gasteiger partial charge in [0.15, 0.2) is 5.60 Å². The molecule has 9 aliphatic rings. The molecule has 1 heterocycles. The maximum absolute atomic E-state index is 12.7. The predicted molar refractivity (Wildman–Crippen MR) is 263 cm³/mol. The van der Waals surface area contributed by atoms with Crippen LogP contribution >= 0.6 is 0 Å². The van der Waals surface area contributed by atoms with Crippen molar-refractivity contribution < 1.29 is 43.2 Å². The molecular weight excluding hydrogens is 805 g/mol. The van der Waals surface area contributed by atoms with Gasteiger partial charge in [-0.1, -0.05) is 72.3 Å². The van der Waals surface area contributed by atoms with Crippen LogP contribution < -0.4 is 0 Å². The Morgan fingerprint density at radius 2 is 1.09 bits per heavy atom. The number of ether oxygens (including phenoxy) is 4. The van der Waals surface area contributed by atoms with Gasteiger partial charge in [-0.15, -0.1) is 0 Å². The van der Waals surface area contributed by atoms with E-state index in [4.69, 9.17) is 18.9 Å². The van der Waals surface area contributed by atoms with E-state index in [0.29, 0.717) is 30.6 Å². The summed E-state index contributed by atoms with van der Waals surface area (Å²) in [7, 11) is 0. The van der Waals surface area contributed by atoms with Gasteiger partial charge in [-0.2, -0.15) is 0 Å². The predicted octanol–water partition coefficient (Wildman–Crippen LogP) is 14.0. The van der Waals surface area contributed by atoms with Gasteiger partial charge in [0.25, 0.3) is 0 Å². The van der Waals surface area contributed by atoms with E-state index in [1.807, 2.05) is 55.4 Å². The van der Waals surface area contributed by atoms with Gasteiger partial charge in [-0.3, -0.25) is 19.2 Å². The van der Waals surface area contributed by atoms with Crippen LogP contribution in [0.3, 0.4) is 0 Å². The molecular formula is C55H104O9. The SMILES string of the molecule is C.C.C.C.C.C.CCC(C)(C)C(=O)OC1(CC)CC2CC1C1C3CCC(C3)C21.CCC(C)(C)C(=O)OC12CC3CC(CC(O)(C3)C1)C2.CCC(C)(C)C(=O)O[C@]1(C)C(C)OC(=O)C1C. The van der Waals surface area contributed by atoms with Gasteiger partial charge >= 0.3 is 23.9 Å². The van der Waals surface area contributed by atoms with Crippen molar-refractivity contribution in [2.45, 2.75) is 259 Å². The molecule has 8 saturated carbocycles. The summed E-state index contributed by atoms with van der Waals surface area (Å²) in [6, 6.07) is 0.